The molecule has 5 rings (SSSR count). The number of hydrogen-bond donors (Lipinski definition) is 1. The molecule has 0 atom stereocenters. The van der Waals surface area contributed by atoms with Crippen LogP contribution in [0, 0.1) is 0 Å². The smallest absolute Gasteiger partial charge is 0.351 e. The Morgan fingerprint density at radius 3 is 1.97 bits per heavy atom. The van der Waals surface area contributed by atoms with Crippen LogP contribution in [-0.4, -0.2) is 33.8 Å². The molecule has 1 N–H and O–H groups in total. The van der Waals surface area contributed by atoms with Gasteiger partial charge in [0.1, 0.15) is 5.56 Å². The summed E-state index contributed by atoms with van der Waals surface area (Å²) in [5.41, 5.74) is -0.0122. The lowest BCUT2D eigenvalue weighted by Gasteiger charge is -2.29. The van der Waals surface area contributed by atoms with E-state index in [1.165, 1.54) is 9.36 Å². The normalized spacial score (nSPS) is 20.2. The van der Waals surface area contributed by atoms with Crippen molar-refractivity contribution >= 4 is 21.9 Å². The Morgan fingerprint density at radius 1 is 0.848 bits per heavy atom. The first-order chi connectivity index (χ1) is 15.9. The van der Waals surface area contributed by atoms with Crippen LogP contribution in [0.4, 0.5) is 0 Å². The molecule has 1 aromatic heterocycles. The molecule has 2 aromatic carbocycles. The van der Waals surface area contributed by atoms with Gasteiger partial charge < -0.3 is 9.84 Å². The fraction of sp³-hybridized carbons (Fsp3) is 0.250. The van der Waals surface area contributed by atoms with Gasteiger partial charge >= 0.3 is 5.97 Å². The third-order valence-electron chi connectivity index (χ3n) is 6.22. The van der Waals surface area contributed by atoms with Crippen molar-refractivity contribution in [2.45, 2.75) is 37.0 Å². The number of carbonyl (C=O) groups excluding carboxylic acids is 1. The Balaban J connectivity index is 1.74. The van der Waals surface area contributed by atoms with Gasteiger partial charge in [0.05, 0.1) is 11.4 Å². The molecule has 2 fully saturated rings. The molecule has 2 aliphatic rings. The molecule has 9 heteroatoms. The minimum Gasteiger partial charge on any atom is -0.493 e. The summed E-state index contributed by atoms with van der Waals surface area (Å²) in [6.45, 7) is 0. The van der Waals surface area contributed by atoms with Gasteiger partial charge in [-0.15, -0.1) is 0 Å². The van der Waals surface area contributed by atoms with E-state index < -0.39 is 37.1 Å². The van der Waals surface area contributed by atoms with E-state index in [1.54, 1.807) is 60.7 Å². The average Bonchev–Trinajstić information content (AvgIpc) is 3.17. The zero-order valence-electron chi connectivity index (χ0n) is 17.7. The highest BCUT2D eigenvalue weighted by Gasteiger charge is 2.58. The molecule has 1 aliphatic heterocycles. The summed E-state index contributed by atoms with van der Waals surface area (Å²) in [6.07, 6.45) is 3.55. The van der Waals surface area contributed by atoms with Crippen LogP contribution in [0.25, 0.3) is 17.5 Å². The highest BCUT2D eigenvalue weighted by molar-refractivity contribution is 7.98. The Morgan fingerprint density at radius 2 is 1.39 bits per heavy atom. The van der Waals surface area contributed by atoms with Crippen LogP contribution in [0.3, 0.4) is 0 Å². The maximum absolute atomic E-state index is 13.4. The molecule has 170 valence electrons. The van der Waals surface area contributed by atoms with Crippen molar-refractivity contribution in [1.29, 1.82) is 0 Å². The summed E-state index contributed by atoms with van der Waals surface area (Å²) in [4.78, 5) is 23.9. The fourth-order valence-corrected chi connectivity index (χ4v) is 6.50. The molecular formula is C24H22N2O6S. The predicted octanol–water partition coefficient (Wildman–Crippen LogP) is 3.31. The summed E-state index contributed by atoms with van der Waals surface area (Å²) in [5, 5.41) is 11.1. The van der Waals surface area contributed by atoms with Gasteiger partial charge in [-0.05, 0) is 43.2 Å². The van der Waals surface area contributed by atoms with Gasteiger partial charge in [0.15, 0.2) is 4.91 Å². The quantitative estimate of drug-likeness (QED) is 0.469. The third kappa shape index (κ3) is 3.22. The first-order valence-electron chi connectivity index (χ1n) is 10.7. The number of benzene rings is 2. The first kappa shape index (κ1) is 21.3. The van der Waals surface area contributed by atoms with Crippen molar-refractivity contribution in [3.05, 3.63) is 81.5 Å². The lowest BCUT2D eigenvalue weighted by molar-refractivity contribution is -0.145. The van der Waals surface area contributed by atoms with Crippen molar-refractivity contribution in [3.63, 3.8) is 0 Å². The Hall–Kier alpha value is -3.59. The summed E-state index contributed by atoms with van der Waals surface area (Å²) < 4.78 is 34.6. The van der Waals surface area contributed by atoms with Crippen molar-refractivity contribution in [3.8, 4) is 17.3 Å². The minimum absolute atomic E-state index is 0.226. The van der Waals surface area contributed by atoms with Crippen LogP contribution in [0.15, 0.2) is 70.4 Å². The van der Waals surface area contributed by atoms with Gasteiger partial charge in [0.25, 0.3) is 5.56 Å². The molecular weight excluding hydrogens is 444 g/mol. The van der Waals surface area contributed by atoms with Crippen molar-refractivity contribution in [1.82, 2.24) is 9.36 Å². The number of nitrogens with zero attached hydrogens (tertiary/aromatic N) is 2. The van der Waals surface area contributed by atoms with E-state index in [9.17, 15) is 23.1 Å². The first-order valence-corrected chi connectivity index (χ1v) is 12.2. The summed E-state index contributed by atoms with van der Waals surface area (Å²) in [7, 11) is -4.14. The molecule has 0 amide bonds. The average molecular weight is 467 g/mol. The monoisotopic (exact) mass is 466 g/mol. The second-order valence-corrected chi connectivity index (χ2v) is 10.4. The molecule has 1 saturated carbocycles. The second kappa shape index (κ2) is 7.77. The van der Waals surface area contributed by atoms with Crippen molar-refractivity contribution < 1.29 is 23.1 Å². The Bertz CT molecular complexity index is 1410. The van der Waals surface area contributed by atoms with Crippen LogP contribution in [-0.2, 0) is 19.4 Å². The van der Waals surface area contributed by atoms with Crippen molar-refractivity contribution in [2.24, 2.45) is 0 Å². The van der Waals surface area contributed by atoms with Crippen LogP contribution in [0.5, 0.6) is 5.88 Å². The number of aromatic hydroxyl groups is 1. The van der Waals surface area contributed by atoms with Gasteiger partial charge in [-0.25, -0.2) is 22.6 Å². The largest absolute Gasteiger partial charge is 0.493 e. The number of carbonyl (C=O) groups is 1. The van der Waals surface area contributed by atoms with E-state index in [-0.39, 0.29) is 18.4 Å². The highest BCUT2D eigenvalue weighted by atomic mass is 32.2. The predicted molar refractivity (Wildman–Crippen MR) is 122 cm³/mol. The molecule has 1 saturated heterocycles. The molecule has 0 bridgehead atoms. The van der Waals surface area contributed by atoms with Gasteiger partial charge in [-0.3, -0.25) is 4.79 Å². The van der Waals surface area contributed by atoms with E-state index >= 15 is 0 Å². The number of sulfone groups is 1. The van der Waals surface area contributed by atoms with Crippen LogP contribution < -0.4 is 5.56 Å². The molecule has 8 nitrogen and oxygen atoms in total. The van der Waals surface area contributed by atoms with E-state index in [4.69, 9.17) is 4.74 Å². The van der Waals surface area contributed by atoms with E-state index in [1.807, 2.05) is 0 Å². The van der Waals surface area contributed by atoms with Crippen LogP contribution in [0.2, 0.25) is 0 Å². The Labute approximate surface area is 190 Å². The number of aromatic nitrogens is 2. The standard InChI is InChI=1S/C24H22N2O6S/c27-21-19(16-20-23(29)32-24(33(20,30)31)14-8-3-9-15-24)22(28)26(18-12-6-2-7-13-18)25(21)17-10-4-1-5-11-17/h1-2,4-7,10-13,16,27H,3,8-9,14-15H2/b20-16+. The number of ether oxygens (including phenoxy) is 1. The maximum Gasteiger partial charge on any atom is 0.351 e. The molecule has 0 unspecified atom stereocenters. The minimum atomic E-state index is -4.14. The zero-order chi connectivity index (χ0) is 23.2. The number of hydrogen-bond acceptors (Lipinski definition) is 6. The molecule has 1 aliphatic carbocycles. The van der Waals surface area contributed by atoms with E-state index in [2.05, 4.69) is 0 Å². The Kier molecular flexibility index (Phi) is 5.01. The molecule has 33 heavy (non-hydrogen) atoms. The number of para-hydroxylation sites is 2. The SMILES string of the molecule is O=C1OC2(CCCCC2)S(=O)(=O)/C1=C/c1c(O)n(-c2ccccc2)n(-c2ccccc2)c1=O. The number of esters is 1. The second-order valence-electron chi connectivity index (χ2n) is 8.21. The lowest BCUT2D eigenvalue weighted by atomic mass is 9.97. The summed E-state index contributed by atoms with van der Waals surface area (Å²) in [6, 6.07) is 17.3. The zero-order valence-corrected chi connectivity index (χ0v) is 18.5. The highest BCUT2D eigenvalue weighted by Crippen LogP contribution is 2.45. The van der Waals surface area contributed by atoms with E-state index in [0.29, 0.717) is 24.2 Å². The van der Waals surface area contributed by atoms with Gasteiger partial charge in [0.2, 0.25) is 20.7 Å². The fourth-order valence-electron chi connectivity index (χ4n) is 4.56. The summed E-state index contributed by atoms with van der Waals surface area (Å²) in [5.74, 6) is -1.47. The maximum atomic E-state index is 13.4. The van der Waals surface area contributed by atoms with Gasteiger partial charge in [0, 0.05) is 12.8 Å². The van der Waals surface area contributed by atoms with E-state index in [0.717, 1.165) is 12.5 Å². The molecule has 1 spiro atoms. The molecule has 2 heterocycles. The van der Waals surface area contributed by atoms with Crippen LogP contribution >= 0.6 is 0 Å². The molecule has 0 radical (unpaired) electrons. The number of rotatable bonds is 3. The van der Waals surface area contributed by atoms with Crippen molar-refractivity contribution in [2.75, 3.05) is 0 Å². The lowest BCUT2D eigenvalue weighted by Crippen LogP contribution is -2.38. The third-order valence-corrected chi connectivity index (χ3v) is 8.55. The van der Waals surface area contributed by atoms with Gasteiger partial charge in [-0.2, -0.15) is 0 Å². The topological polar surface area (TPSA) is 108 Å². The molecule has 3 aromatic rings. The summed E-state index contributed by atoms with van der Waals surface area (Å²) >= 11 is 0. The van der Waals surface area contributed by atoms with Gasteiger partial charge in [-0.1, -0.05) is 42.8 Å². The van der Waals surface area contributed by atoms with Crippen LogP contribution in [0.1, 0.15) is 37.7 Å².